The van der Waals surface area contributed by atoms with Crippen molar-refractivity contribution in [3.8, 4) is 5.75 Å². The molecule has 2 aromatic carbocycles. The number of rotatable bonds is 4. The Balaban J connectivity index is 0.000000219. The summed E-state index contributed by atoms with van der Waals surface area (Å²) in [4.78, 5) is 20.4. The molecule has 1 atom stereocenters. The number of phenols is 1. The first kappa shape index (κ1) is 16.4. The van der Waals surface area contributed by atoms with Crippen molar-refractivity contribution in [1.82, 2.24) is 0 Å². The molecule has 110 valence electrons. The lowest BCUT2D eigenvalue weighted by molar-refractivity contribution is -0.138. The van der Waals surface area contributed by atoms with Crippen LogP contribution in [0, 0.1) is 0 Å². The number of carboxylic acid groups (broad SMARTS) is 1. The van der Waals surface area contributed by atoms with Gasteiger partial charge in [0, 0.05) is 0 Å². The van der Waals surface area contributed by atoms with Crippen molar-refractivity contribution in [2.75, 3.05) is 0 Å². The maximum atomic E-state index is 10.4. The number of phenolic OH excluding ortho intramolecular Hbond substituents is 1. The van der Waals surface area contributed by atoms with Crippen LogP contribution in [0.4, 0.5) is 0 Å². The Morgan fingerprint density at radius 1 is 1.10 bits per heavy atom. The van der Waals surface area contributed by atoms with E-state index >= 15 is 0 Å². The number of carboxylic acids is 1. The molecule has 0 aliphatic carbocycles. The molecular weight excluding hydrogens is 270 g/mol. The summed E-state index contributed by atoms with van der Waals surface area (Å²) in [6, 6.07) is 14.9. The molecule has 0 spiro atoms. The van der Waals surface area contributed by atoms with Gasteiger partial charge in [0.15, 0.2) is 6.29 Å². The van der Waals surface area contributed by atoms with E-state index in [1.54, 1.807) is 18.2 Å². The molecule has 0 heterocycles. The van der Waals surface area contributed by atoms with Crippen LogP contribution in [0.15, 0.2) is 54.6 Å². The monoisotopic (exact) mass is 287 g/mol. The van der Waals surface area contributed by atoms with E-state index in [2.05, 4.69) is 0 Å². The van der Waals surface area contributed by atoms with Crippen molar-refractivity contribution < 1.29 is 19.8 Å². The predicted octanol–water partition coefficient (Wildman–Crippen LogP) is 1.85. The summed E-state index contributed by atoms with van der Waals surface area (Å²) in [6.07, 6.45) is 1.01. The van der Waals surface area contributed by atoms with E-state index in [1.807, 2.05) is 30.3 Å². The Labute approximate surface area is 122 Å². The second-order valence-electron chi connectivity index (χ2n) is 4.31. The molecule has 0 aliphatic rings. The SMILES string of the molecule is N[C@@H](Cc1ccccc1)C(=O)O.O=Cc1ccccc1O. The molecule has 2 rings (SSSR count). The molecule has 0 saturated heterocycles. The van der Waals surface area contributed by atoms with Crippen molar-refractivity contribution in [3.05, 3.63) is 65.7 Å². The molecular formula is C16H17NO4. The Bertz CT molecular complexity index is 584. The van der Waals surface area contributed by atoms with Gasteiger partial charge in [-0.15, -0.1) is 0 Å². The molecule has 5 heteroatoms. The van der Waals surface area contributed by atoms with Crippen LogP contribution in [0.3, 0.4) is 0 Å². The second-order valence-corrected chi connectivity index (χ2v) is 4.31. The maximum Gasteiger partial charge on any atom is 0.320 e. The Kier molecular flexibility index (Phi) is 6.63. The number of aldehydes is 1. The normalized spacial score (nSPS) is 10.9. The third kappa shape index (κ3) is 5.88. The van der Waals surface area contributed by atoms with Crippen LogP contribution in [-0.2, 0) is 11.2 Å². The Morgan fingerprint density at radius 2 is 1.67 bits per heavy atom. The first-order chi connectivity index (χ1) is 10.0. The summed E-state index contributed by atoms with van der Waals surface area (Å²) in [5.41, 5.74) is 6.63. The third-order valence-electron chi connectivity index (χ3n) is 2.68. The van der Waals surface area contributed by atoms with Gasteiger partial charge in [-0.2, -0.15) is 0 Å². The minimum Gasteiger partial charge on any atom is -0.507 e. The van der Waals surface area contributed by atoms with Crippen molar-refractivity contribution in [3.63, 3.8) is 0 Å². The number of aromatic hydroxyl groups is 1. The number of benzene rings is 2. The number of carbonyl (C=O) groups is 2. The quantitative estimate of drug-likeness (QED) is 0.745. The summed E-state index contributed by atoms with van der Waals surface area (Å²) < 4.78 is 0. The summed E-state index contributed by atoms with van der Waals surface area (Å²) in [6.45, 7) is 0. The minimum atomic E-state index is -0.959. The topological polar surface area (TPSA) is 101 Å². The van der Waals surface area contributed by atoms with E-state index in [-0.39, 0.29) is 5.75 Å². The largest absolute Gasteiger partial charge is 0.507 e. The molecule has 0 saturated carbocycles. The second kappa shape index (κ2) is 8.50. The predicted molar refractivity (Wildman–Crippen MR) is 79.3 cm³/mol. The average molecular weight is 287 g/mol. The lowest BCUT2D eigenvalue weighted by atomic mass is 10.1. The number of para-hydroxylation sites is 1. The first-order valence-corrected chi connectivity index (χ1v) is 6.30. The Morgan fingerprint density at radius 3 is 2.14 bits per heavy atom. The summed E-state index contributed by atoms with van der Waals surface area (Å²) in [7, 11) is 0. The van der Waals surface area contributed by atoms with Gasteiger partial charge in [0.2, 0.25) is 0 Å². The molecule has 0 bridgehead atoms. The van der Waals surface area contributed by atoms with Gasteiger partial charge in [0.05, 0.1) is 5.56 Å². The molecule has 0 fully saturated rings. The smallest absolute Gasteiger partial charge is 0.320 e. The van der Waals surface area contributed by atoms with Gasteiger partial charge < -0.3 is 15.9 Å². The molecule has 0 amide bonds. The van der Waals surface area contributed by atoms with E-state index in [0.29, 0.717) is 18.3 Å². The van der Waals surface area contributed by atoms with Crippen LogP contribution in [-0.4, -0.2) is 28.5 Å². The fraction of sp³-hybridized carbons (Fsp3) is 0.125. The highest BCUT2D eigenvalue weighted by molar-refractivity contribution is 5.78. The summed E-state index contributed by atoms with van der Waals surface area (Å²) in [5.74, 6) is -0.925. The van der Waals surface area contributed by atoms with Gasteiger partial charge >= 0.3 is 5.97 Å². The molecule has 0 unspecified atom stereocenters. The average Bonchev–Trinajstić information content (AvgIpc) is 2.49. The number of nitrogens with two attached hydrogens (primary N) is 1. The zero-order valence-electron chi connectivity index (χ0n) is 11.3. The Hall–Kier alpha value is -2.66. The number of aliphatic carboxylic acids is 1. The van der Waals surface area contributed by atoms with Gasteiger partial charge in [-0.25, -0.2) is 0 Å². The van der Waals surface area contributed by atoms with Gasteiger partial charge in [-0.05, 0) is 24.1 Å². The minimum absolute atomic E-state index is 0.0347. The number of hydrogen-bond donors (Lipinski definition) is 3. The number of hydrogen-bond acceptors (Lipinski definition) is 4. The standard InChI is InChI=1S/C9H11NO2.C7H6O2/c10-8(9(11)12)6-7-4-2-1-3-5-7;8-5-6-3-1-2-4-7(6)9/h1-5,8H,6,10H2,(H,11,12);1-5,9H/t8-;/m0./s1. The van der Waals surface area contributed by atoms with E-state index in [1.165, 1.54) is 6.07 Å². The van der Waals surface area contributed by atoms with Crippen LogP contribution in [0.25, 0.3) is 0 Å². The molecule has 0 aliphatic heterocycles. The van der Waals surface area contributed by atoms with Crippen LogP contribution < -0.4 is 5.73 Å². The number of carbonyl (C=O) groups excluding carboxylic acids is 1. The lowest BCUT2D eigenvalue weighted by Crippen LogP contribution is -2.32. The van der Waals surface area contributed by atoms with Crippen molar-refractivity contribution >= 4 is 12.3 Å². The van der Waals surface area contributed by atoms with E-state index in [9.17, 15) is 9.59 Å². The van der Waals surface area contributed by atoms with Crippen LogP contribution in [0.1, 0.15) is 15.9 Å². The zero-order chi connectivity index (χ0) is 15.7. The fourth-order valence-corrected chi connectivity index (χ4v) is 1.54. The molecule has 0 aromatic heterocycles. The van der Waals surface area contributed by atoms with Crippen molar-refractivity contribution in [2.45, 2.75) is 12.5 Å². The van der Waals surface area contributed by atoms with Crippen molar-refractivity contribution in [1.29, 1.82) is 0 Å². The molecule has 2 aromatic rings. The van der Waals surface area contributed by atoms with E-state index in [4.69, 9.17) is 15.9 Å². The van der Waals surface area contributed by atoms with Crippen molar-refractivity contribution in [2.24, 2.45) is 5.73 Å². The highest BCUT2D eigenvalue weighted by atomic mass is 16.4. The van der Waals surface area contributed by atoms with Crippen LogP contribution >= 0.6 is 0 Å². The van der Waals surface area contributed by atoms with Gasteiger partial charge in [-0.3, -0.25) is 9.59 Å². The third-order valence-corrected chi connectivity index (χ3v) is 2.68. The van der Waals surface area contributed by atoms with Crippen LogP contribution in [0.2, 0.25) is 0 Å². The molecule has 5 nitrogen and oxygen atoms in total. The highest BCUT2D eigenvalue weighted by Crippen LogP contribution is 2.11. The molecule has 0 radical (unpaired) electrons. The lowest BCUT2D eigenvalue weighted by Gasteiger charge is -2.04. The van der Waals surface area contributed by atoms with Gasteiger partial charge in [0.1, 0.15) is 11.8 Å². The maximum absolute atomic E-state index is 10.4. The van der Waals surface area contributed by atoms with Gasteiger partial charge in [0.25, 0.3) is 0 Å². The zero-order valence-corrected chi connectivity index (χ0v) is 11.3. The molecule has 4 N–H and O–H groups in total. The summed E-state index contributed by atoms with van der Waals surface area (Å²) in [5, 5.41) is 17.4. The molecule has 21 heavy (non-hydrogen) atoms. The summed E-state index contributed by atoms with van der Waals surface area (Å²) >= 11 is 0. The highest BCUT2D eigenvalue weighted by Gasteiger charge is 2.10. The van der Waals surface area contributed by atoms with E-state index in [0.717, 1.165) is 5.56 Å². The van der Waals surface area contributed by atoms with Crippen LogP contribution in [0.5, 0.6) is 5.75 Å². The fourth-order valence-electron chi connectivity index (χ4n) is 1.54. The van der Waals surface area contributed by atoms with Gasteiger partial charge in [-0.1, -0.05) is 42.5 Å². The first-order valence-electron chi connectivity index (χ1n) is 6.30. The van der Waals surface area contributed by atoms with E-state index < -0.39 is 12.0 Å².